The Kier molecular flexibility index (Phi) is 5.16. The molecule has 1 aliphatic rings. The fraction of sp³-hybridized carbons (Fsp3) is 0.300. The van der Waals surface area contributed by atoms with Gasteiger partial charge >= 0.3 is 6.18 Å². The van der Waals surface area contributed by atoms with Gasteiger partial charge in [-0.1, -0.05) is 48.0 Å². The Morgan fingerprint density at radius 2 is 1.82 bits per heavy atom. The van der Waals surface area contributed by atoms with Crippen molar-refractivity contribution in [2.75, 3.05) is 6.61 Å². The van der Waals surface area contributed by atoms with Gasteiger partial charge in [-0.15, -0.1) is 0 Å². The van der Waals surface area contributed by atoms with Crippen LogP contribution in [-0.4, -0.2) is 40.2 Å². The summed E-state index contributed by atoms with van der Waals surface area (Å²) >= 11 is 0. The van der Waals surface area contributed by atoms with Crippen molar-refractivity contribution in [1.29, 1.82) is 0 Å². The average molecular weight is 392 g/mol. The Morgan fingerprint density at radius 3 is 2.43 bits per heavy atom. The molecule has 28 heavy (non-hydrogen) atoms. The molecule has 0 radical (unpaired) electrons. The Balaban J connectivity index is 1.86. The third kappa shape index (κ3) is 3.73. The van der Waals surface area contributed by atoms with Gasteiger partial charge in [-0.3, -0.25) is 4.79 Å². The van der Waals surface area contributed by atoms with Crippen LogP contribution >= 0.6 is 0 Å². The van der Waals surface area contributed by atoms with Gasteiger partial charge in [-0.2, -0.15) is 23.3 Å². The molecule has 1 amide bonds. The number of nitrogens with zero attached hydrogens (tertiary/aromatic N) is 2. The number of para-hydroxylation sites is 1. The Morgan fingerprint density at radius 1 is 1.18 bits per heavy atom. The van der Waals surface area contributed by atoms with Gasteiger partial charge in [0.05, 0.1) is 12.1 Å². The summed E-state index contributed by atoms with van der Waals surface area (Å²) in [6.45, 7) is 2.90. The van der Waals surface area contributed by atoms with E-state index in [-0.39, 0.29) is 10.7 Å². The summed E-state index contributed by atoms with van der Waals surface area (Å²) in [6, 6.07) is 13.4. The summed E-state index contributed by atoms with van der Waals surface area (Å²) in [4.78, 5) is 12.5. The van der Waals surface area contributed by atoms with Crippen LogP contribution in [0.25, 0.3) is 0 Å². The van der Waals surface area contributed by atoms with Crippen LogP contribution in [0, 0.1) is 13.8 Å². The third-order valence-corrected chi connectivity index (χ3v) is 4.50. The zero-order chi connectivity index (χ0) is 20.5. The summed E-state index contributed by atoms with van der Waals surface area (Å²) in [5.41, 5.74) is -1.38. The predicted molar refractivity (Wildman–Crippen MR) is 96.9 cm³/mol. The van der Waals surface area contributed by atoms with Gasteiger partial charge in [0.15, 0.2) is 6.61 Å². The zero-order valence-corrected chi connectivity index (χ0v) is 15.3. The molecule has 2 aromatic rings. The Bertz CT molecular complexity index is 910. The molecule has 3 rings (SSSR count). The van der Waals surface area contributed by atoms with E-state index in [1.54, 1.807) is 55.5 Å². The molecule has 8 heteroatoms. The highest BCUT2D eigenvalue weighted by molar-refractivity contribution is 6.03. The number of aryl methyl sites for hydroxylation is 2. The lowest BCUT2D eigenvalue weighted by molar-refractivity contribution is -0.302. The molecule has 1 N–H and O–H groups in total. The van der Waals surface area contributed by atoms with Crippen molar-refractivity contribution >= 4 is 11.6 Å². The first-order chi connectivity index (χ1) is 13.1. The number of ether oxygens (including phenoxy) is 1. The monoisotopic (exact) mass is 392 g/mol. The van der Waals surface area contributed by atoms with Crippen molar-refractivity contribution in [3.8, 4) is 5.75 Å². The molecule has 0 bridgehead atoms. The van der Waals surface area contributed by atoms with Crippen LogP contribution in [0.5, 0.6) is 5.75 Å². The van der Waals surface area contributed by atoms with Gasteiger partial charge in [0.2, 0.25) is 0 Å². The molecule has 5 nitrogen and oxygen atoms in total. The van der Waals surface area contributed by atoms with Gasteiger partial charge in [0, 0.05) is 0 Å². The number of alkyl halides is 3. The molecule has 1 aliphatic heterocycles. The lowest BCUT2D eigenvalue weighted by Gasteiger charge is -2.32. The minimum atomic E-state index is -5.08. The molecule has 1 unspecified atom stereocenters. The fourth-order valence-corrected chi connectivity index (χ4v) is 2.85. The van der Waals surface area contributed by atoms with E-state index in [0.29, 0.717) is 11.3 Å². The second kappa shape index (κ2) is 7.27. The molecule has 0 saturated heterocycles. The zero-order valence-electron chi connectivity index (χ0n) is 15.3. The van der Waals surface area contributed by atoms with Crippen LogP contribution in [0.3, 0.4) is 0 Å². The quantitative estimate of drug-likeness (QED) is 0.865. The number of carbonyl (C=O) groups is 1. The topological polar surface area (TPSA) is 62.1 Å². The molecule has 2 aromatic carbocycles. The molecular weight excluding hydrogens is 373 g/mol. The van der Waals surface area contributed by atoms with Crippen molar-refractivity contribution < 1.29 is 27.8 Å². The summed E-state index contributed by atoms with van der Waals surface area (Å²) < 4.78 is 46.1. The minimum Gasteiger partial charge on any atom is -0.483 e. The minimum absolute atomic E-state index is 0.0240. The van der Waals surface area contributed by atoms with Crippen molar-refractivity contribution in [1.82, 2.24) is 5.01 Å². The first-order valence-electron chi connectivity index (χ1n) is 8.57. The highest BCUT2D eigenvalue weighted by Gasteiger charge is 2.63. The number of aliphatic hydroxyl groups is 1. The highest BCUT2D eigenvalue weighted by Crippen LogP contribution is 2.41. The third-order valence-electron chi connectivity index (χ3n) is 4.50. The van der Waals surface area contributed by atoms with E-state index in [1.165, 1.54) is 0 Å². The SMILES string of the molecule is Cc1ccc(C2=NN(C(=O)COc3ccccc3C)C(O)(C(F)(F)F)C2)cc1. The Labute approximate surface area is 160 Å². The predicted octanol–water partition coefficient (Wildman–Crippen LogP) is 3.57. The number of hydrogen-bond donors (Lipinski definition) is 1. The van der Waals surface area contributed by atoms with Crippen LogP contribution in [-0.2, 0) is 4.79 Å². The second-order valence-corrected chi connectivity index (χ2v) is 6.66. The molecule has 0 spiro atoms. The summed E-state index contributed by atoms with van der Waals surface area (Å²) in [5.74, 6) is -0.724. The average Bonchev–Trinajstić information content (AvgIpc) is 3.00. The molecule has 1 heterocycles. The first-order valence-corrected chi connectivity index (χ1v) is 8.57. The standard InChI is InChI=1S/C20H19F3N2O3/c1-13-7-9-15(10-8-13)16-11-19(27,20(21,22)23)25(24-16)18(26)12-28-17-6-4-3-5-14(17)2/h3-10,27H,11-12H2,1-2H3. The summed E-state index contributed by atoms with van der Waals surface area (Å²) in [5, 5.41) is 14.2. The molecule has 0 saturated carbocycles. The summed E-state index contributed by atoms with van der Waals surface area (Å²) in [6.07, 6.45) is -5.93. The van der Waals surface area contributed by atoms with E-state index in [4.69, 9.17) is 4.74 Å². The van der Waals surface area contributed by atoms with E-state index >= 15 is 0 Å². The molecule has 0 fully saturated rings. The van der Waals surface area contributed by atoms with Crippen molar-refractivity contribution in [3.63, 3.8) is 0 Å². The summed E-state index contributed by atoms with van der Waals surface area (Å²) in [7, 11) is 0. The van der Waals surface area contributed by atoms with Gasteiger partial charge in [0.25, 0.3) is 11.6 Å². The van der Waals surface area contributed by atoms with E-state index in [9.17, 15) is 23.1 Å². The molecule has 148 valence electrons. The maximum Gasteiger partial charge on any atom is 0.438 e. The van der Waals surface area contributed by atoms with E-state index < -0.39 is 30.8 Å². The molecule has 0 aromatic heterocycles. The maximum absolute atomic E-state index is 13.6. The molecule has 1 atom stereocenters. The second-order valence-electron chi connectivity index (χ2n) is 6.66. The maximum atomic E-state index is 13.6. The van der Waals surface area contributed by atoms with Crippen LogP contribution in [0.15, 0.2) is 53.6 Å². The van der Waals surface area contributed by atoms with Crippen molar-refractivity contribution in [3.05, 3.63) is 65.2 Å². The van der Waals surface area contributed by atoms with Crippen LogP contribution in [0.1, 0.15) is 23.1 Å². The van der Waals surface area contributed by atoms with Crippen LogP contribution in [0.4, 0.5) is 13.2 Å². The van der Waals surface area contributed by atoms with Gasteiger partial charge in [-0.05, 0) is 31.0 Å². The van der Waals surface area contributed by atoms with Crippen LogP contribution in [0.2, 0.25) is 0 Å². The van der Waals surface area contributed by atoms with E-state index in [1.807, 2.05) is 6.92 Å². The van der Waals surface area contributed by atoms with Gasteiger partial charge in [-0.25, -0.2) is 0 Å². The number of hydrazone groups is 1. The number of halogens is 3. The largest absolute Gasteiger partial charge is 0.483 e. The van der Waals surface area contributed by atoms with E-state index in [2.05, 4.69) is 5.10 Å². The van der Waals surface area contributed by atoms with Gasteiger partial charge < -0.3 is 9.84 Å². The number of carbonyl (C=O) groups excluding carboxylic acids is 1. The lowest BCUT2D eigenvalue weighted by atomic mass is 10.00. The lowest BCUT2D eigenvalue weighted by Crippen LogP contribution is -2.57. The number of rotatable bonds is 4. The Hall–Kier alpha value is -2.87. The van der Waals surface area contributed by atoms with Crippen molar-refractivity contribution in [2.24, 2.45) is 5.10 Å². The fourth-order valence-electron chi connectivity index (χ4n) is 2.85. The normalized spacial score (nSPS) is 19.5. The number of benzene rings is 2. The molecule has 0 aliphatic carbocycles. The van der Waals surface area contributed by atoms with Gasteiger partial charge in [0.1, 0.15) is 5.75 Å². The number of amides is 1. The first kappa shape index (κ1) is 19.9. The van der Waals surface area contributed by atoms with Crippen molar-refractivity contribution in [2.45, 2.75) is 32.2 Å². The highest BCUT2D eigenvalue weighted by atomic mass is 19.4. The smallest absolute Gasteiger partial charge is 0.438 e. The number of hydrogen-bond acceptors (Lipinski definition) is 4. The van der Waals surface area contributed by atoms with E-state index in [0.717, 1.165) is 11.1 Å². The van der Waals surface area contributed by atoms with Crippen LogP contribution < -0.4 is 4.74 Å². The molecular formula is C20H19F3N2O3.